The van der Waals surface area contributed by atoms with Crippen LogP contribution in [0.4, 0.5) is 5.69 Å². The average molecular weight is 327 g/mol. The third-order valence-electron chi connectivity index (χ3n) is 3.61. The molecule has 0 aliphatic carbocycles. The van der Waals surface area contributed by atoms with E-state index in [2.05, 4.69) is 51.7 Å². The molecule has 106 valence electrons. The largest absolute Gasteiger partial charge is 0.382 e. The van der Waals surface area contributed by atoms with Crippen molar-refractivity contribution >= 4 is 21.6 Å². The number of methoxy groups -OCH3 is 1. The Hall–Kier alpha value is -0.580. The Labute approximate surface area is 124 Å². The summed E-state index contributed by atoms with van der Waals surface area (Å²) in [7, 11) is 1.73. The second-order valence-electron chi connectivity index (χ2n) is 5.27. The van der Waals surface area contributed by atoms with Crippen LogP contribution in [0.3, 0.4) is 0 Å². The van der Waals surface area contributed by atoms with Crippen LogP contribution in [0.15, 0.2) is 22.7 Å². The molecule has 1 fully saturated rings. The van der Waals surface area contributed by atoms with E-state index in [4.69, 9.17) is 4.74 Å². The van der Waals surface area contributed by atoms with Gasteiger partial charge in [-0.15, -0.1) is 0 Å². The Morgan fingerprint density at radius 3 is 3.05 bits per heavy atom. The van der Waals surface area contributed by atoms with E-state index < -0.39 is 0 Å². The monoisotopic (exact) mass is 326 g/mol. The molecule has 0 radical (unpaired) electrons. The molecule has 1 saturated heterocycles. The number of halogens is 1. The first-order valence-electron chi connectivity index (χ1n) is 6.97. The highest BCUT2D eigenvalue weighted by Crippen LogP contribution is 2.26. The molecule has 2 N–H and O–H groups in total. The zero-order chi connectivity index (χ0) is 13.7. The lowest BCUT2D eigenvalue weighted by Crippen LogP contribution is -2.29. The number of benzene rings is 1. The summed E-state index contributed by atoms with van der Waals surface area (Å²) in [6.07, 6.45) is 3.78. The zero-order valence-corrected chi connectivity index (χ0v) is 13.3. The van der Waals surface area contributed by atoms with E-state index in [0.29, 0.717) is 18.7 Å². The smallest absolute Gasteiger partial charge is 0.0744 e. The quantitative estimate of drug-likeness (QED) is 0.838. The molecule has 19 heavy (non-hydrogen) atoms. The summed E-state index contributed by atoms with van der Waals surface area (Å²) in [4.78, 5) is 0. The van der Waals surface area contributed by atoms with Crippen LogP contribution in [0.5, 0.6) is 0 Å². The van der Waals surface area contributed by atoms with Gasteiger partial charge in [0.25, 0.3) is 0 Å². The Morgan fingerprint density at radius 2 is 2.37 bits per heavy atom. The third-order valence-corrected chi connectivity index (χ3v) is 4.35. The van der Waals surface area contributed by atoms with Gasteiger partial charge < -0.3 is 15.4 Å². The molecule has 1 aromatic carbocycles. The molecule has 2 unspecified atom stereocenters. The van der Waals surface area contributed by atoms with Gasteiger partial charge in [-0.1, -0.05) is 22.0 Å². The molecule has 1 heterocycles. The molecule has 2 rings (SSSR count). The summed E-state index contributed by atoms with van der Waals surface area (Å²) in [5.41, 5.74) is 2.36. The van der Waals surface area contributed by atoms with Gasteiger partial charge in [-0.05, 0) is 44.9 Å². The van der Waals surface area contributed by atoms with Crippen LogP contribution in [0.1, 0.15) is 31.7 Å². The summed E-state index contributed by atoms with van der Waals surface area (Å²) in [6.45, 7) is 4.04. The van der Waals surface area contributed by atoms with Gasteiger partial charge in [0.1, 0.15) is 0 Å². The van der Waals surface area contributed by atoms with Crippen LogP contribution in [-0.2, 0) is 11.3 Å². The van der Waals surface area contributed by atoms with Crippen LogP contribution < -0.4 is 10.6 Å². The van der Waals surface area contributed by atoms with E-state index in [0.717, 1.165) is 4.47 Å². The van der Waals surface area contributed by atoms with Gasteiger partial charge in [0.05, 0.1) is 6.61 Å². The second-order valence-corrected chi connectivity index (χ2v) is 6.13. The SMILES string of the molecule is COCc1c(Br)cccc1NC(C)CC1CCCN1. The van der Waals surface area contributed by atoms with Gasteiger partial charge in [-0.2, -0.15) is 0 Å². The van der Waals surface area contributed by atoms with Crippen molar-refractivity contribution in [3.8, 4) is 0 Å². The molecular weight excluding hydrogens is 304 g/mol. The molecule has 0 saturated carbocycles. The molecule has 0 amide bonds. The Bertz CT molecular complexity index is 405. The summed E-state index contributed by atoms with van der Waals surface area (Å²) in [5, 5.41) is 7.16. The average Bonchev–Trinajstić information content (AvgIpc) is 2.86. The predicted molar refractivity (Wildman–Crippen MR) is 83.6 cm³/mol. The molecule has 4 heteroatoms. The van der Waals surface area contributed by atoms with Crippen LogP contribution in [0, 0.1) is 0 Å². The van der Waals surface area contributed by atoms with Gasteiger partial charge in [0.15, 0.2) is 0 Å². The minimum atomic E-state index is 0.459. The maximum absolute atomic E-state index is 5.28. The summed E-state index contributed by atoms with van der Waals surface area (Å²) >= 11 is 3.59. The topological polar surface area (TPSA) is 33.3 Å². The summed E-state index contributed by atoms with van der Waals surface area (Å²) in [6, 6.07) is 7.37. The number of anilines is 1. The molecule has 0 bridgehead atoms. The molecular formula is C15H23BrN2O. The van der Waals surface area contributed by atoms with Gasteiger partial charge in [-0.25, -0.2) is 0 Å². The van der Waals surface area contributed by atoms with Crippen LogP contribution in [-0.4, -0.2) is 25.7 Å². The maximum Gasteiger partial charge on any atom is 0.0744 e. The number of hydrogen-bond donors (Lipinski definition) is 2. The number of nitrogens with one attached hydrogen (secondary N) is 2. The highest BCUT2D eigenvalue weighted by Gasteiger charge is 2.17. The lowest BCUT2D eigenvalue weighted by molar-refractivity contribution is 0.185. The Morgan fingerprint density at radius 1 is 1.53 bits per heavy atom. The van der Waals surface area contributed by atoms with Crippen LogP contribution >= 0.6 is 15.9 Å². The first kappa shape index (κ1) is 14.8. The van der Waals surface area contributed by atoms with Crippen molar-refractivity contribution in [2.75, 3.05) is 19.0 Å². The molecule has 3 nitrogen and oxygen atoms in total. The fraction of sp³-hybridized carbons (Fsp3) is 0.600. The van der Waals surface area contributed by atoms with Crippen LogP contribution in [0.25, 0.3) is 0 Å². The first-order chi connectivity index (χ1) is 9.20. The van der Waals surface area contributed by atoms with Crippen molar-refractivity contribution < 1.29 is 4.74 Å². The van der Waals surface area contributed by atoms with Crippen molar-refractivity contribution in [1.82, 2.24) is 5.32 Å². The minimum Gasteiger partial charge on any atom is -0.382 e. The predicted octanol–water partition coefficient (Wildman–Crippen LogP) is 3.54. The fourth-order valence-corrected chi connectivity index (χ4v) is 3.17. The molecule has 1 aromatic rings. The van der Waals surface area contributed by atoms with Crippen molar-refractivity contribution in [2.24, 2.45) is 0 Å². The van der Waals surface area contributed by atoms with Crippen molar-refractivity contribution in [3.05, 3.63) is 28.2 Å². The number of hydrogen-bond acceptors (Lipinski definition) is 3. The maximum atomic E-state index is 5.28. The van der Waals surface area contributed by atoms with Gasteiger partial charge in [-0.3, -0.25) is 0 Å². The lowest BCUT2D eigenvalue weighted by atomic mass is 10.1. The zero-order valence-electron chi connectivity index (χ0n) is 11.7. The number of rotatable bonds is 6. The summed E-state index contributed by atoms with van der Waals surface area (Å²) < 4.78 is 6.38. The van der Waals surface area contributed by atoms with Gasteiger partial charge in [0.2, 0.25) is 0 Å². The van der Waals surface area contributed by atoms with E-state index in [-0.39, 0.29) is 0 Å². The summed E-state index contributed by atoms with van der Waals surface area (Å²) in [5.74, 6) is 0. The van der Waals surface area contributed by atoms with Crippen molar-refractivity contribution in [3.63, 3.8) is 0 Å². The Kier molecular flexibility index (Phi) is 5.67. The van der Waals surface area contributed by atoms with Gasteiger partial charge in [0, 0.05) is 34.9 Å². The third kappa shape index (κ3) is 4.20. The van der Waals surface area contributed by atoms with E-state index in [1.807, 2.05) is 0 Å². The highest BCUT2D eigenvalue weighted by molar-refractivity contribution is 9.10. The molecule has 0 aromatic heterocycles. The van der Waals surface area contributed by atoms with E-state index in [1.165, 1.54) is 37.1 Å². The van der Waals surface area contributed by atoms with Gasteiger partial charge >= 0.3 is 0 Å². The molecule has 2 atom stereocenters. The first-order valence-corrected chi connectivity index (χ1v) is 7.76. The van der Waals surface area contributed by atoms with Crippen molar-refractivity contribution in [1.29, 1.82) is 0 Å². The van der Waals surface area contributed by atoms with Crippen LogP contribution in [0.2, 0.25) is 0 Å². The molecule has 1 aliphatic heterocycles. The van der Waals surface area contributed by atoms with E-state index in [9.17, 15) is 0 Å². The normalized spacial score (nSPS) is 20.5. The lowest BCUT2D eigenvalue weighted by Gasteiger charge is -2.21. The van der Waals surface area contributed by atoms with E-state index in [1.54, 1.807) is 7.11 Å². The second kappa shape index (κ2) is 7.27. The number of ether oxygens (including phenoxy) is 1. The molecule has 0 spiro atoms. The Balaban J connectivity index is 1.98. The fourth-order valence-electron chi connectivity index (χ4n) is 2.69. The highest BCUT2D eigenvalue weighted by atomic mass is 79.9. The van der Waals surface area contributed by atoms with E-state index >= 15 is 0 Å². The van der Waals surface area contributed by atoms with Crippen molar-refractivity contribution in [2.45, 2.75) is 44.9 Å². The standard InChI is InChI=1S/C15H23BrN2O/c1-11(9-12-5-4-8-17-12)18-15-7-3-6-14(16)13(15)10-19-2/h3,6-7,11-12,17-18H,4-5,8-10H2,1-2H3. The molecule has 1 aliphatic rings. The minimum absolute atomic E-state index is 0.459.